The maximum absolute atomic E-state index is 15.5. The average molecular weight is 1120 g/mol. The van der Waals surface area contributed by atoms with Crippen LogP contribution in [0.2, 0.25) is 0 Å². The molecule has 5 aliphatic rings. The van der Waals surface area contributed by atoms with Gasteiger partial charge in [-0.2, -0.15) is 0 Å². The molecule has 4 fully saturated rings. The number of nitrogens with one attached hydrogen (secondary N) is 2. The van der Waals surface area contributed by atoms with E-state index in [0.29, 0.717) is 37.0 Å². The second kappa shape index (κ2) is 23.9. The summed E-state index contributed by atoms with van der Waals surface area (Å²) in [5, 5.41) is 43.1. The maximum atomic E-state index is 15.5. The number of amides is 1. The largest absolute Gasteiger partial charge is 0.456 e. The number of aliphatic hydroxyl groups excluding tert-OH is 2. The molecule has 8 rings (SSSR count). The van der Waals surface area contributed by atoms with Gasteiger partial charge in [-0.25, -0.2) is 19.3 Å². The molecule has 5 N–H and O–H groups in total. The Balaban J connectivity index is 0.000000521. The van der Waals surface area contributed by atoms with Crippen LogP contribution in [0.25, 0.3) is 0 Å². The number of carbonyl (C=O) groups excluding carboxylic acids is 6. The average Bonchev–Trinajstić information content (AvgIpc) is 3.39. The summed E-state index contributed by atoms with van der Waals surface area (Å²) in [7, 11) is -2.84. The van der Waals surface area contributed by atoms with E-state index in [1.807, 2.05) is 0 Å². The number of Topliss-reactive ketones (excluding diaryl/α,β-unsaturated/α-hetero) is 1. The smallest absolute Gasteiger partial charge is 0.343 e. The SMILES string of the molecule is CC(=O)O[C@H]1C(=O)[C@@]2(C)[C@H]([C@H](OC(=O)c3ccccc3)[C@]3(O)C[C@H](OC(=O)[C@H](O)[C@@H](NC(=O)c4ccccc4)c4ccccc4)C(C)=C1C3(C)C)[C@]1(OC(C)=O)CO[C@@H]1C[C@@H]2O.O=P1(N(CCCl)CCCl)NCCCO1. The number of carbonyl (C=O) groups is 6. The normalized spacial score (nSPS) is 31.2. The van der Waals surface area contributed by atoms with Crippen LogP contribution in [0.1, 0.15) is 93.1 Å². The van der Waals surface area contributed by atoms with Crippen molar-refractivity contribution in [3.63, 3.8) is 0 Å². The van der Waals surface area contributed by atoms with Gasteiger partial charge in [-0.05, 0) is 61.2 Å². The zero-order valence-corrected chi connectivity index (χ0v) is 45.6. The highest BCUT2D eigenvalue weighted by molar-refractivity contribution is 7.54. The van der Waals surface area contributed by atoms with Gasteiger partial charge < -0.3 is 48.8 Å². The quantitative estimate of drug-likeness (QED) is 0.0407. The Hall–Kier alpha value is -5.05. The molecule has 3 aromatic rings. The van der Waals surface area contributed by atoms with E-state index < -0.39 is 120 Å². The molecule has 2 bridgehead atoms. The summed E-state index contributed by atoms with van der Waals surface area (Å²) in [6, 6.07) is 22.9. The highest BCUT2D eigenvalue weighted by Crippen LogP contribution is 2.64. The Morgan fingerprint density at radius 1 is 0.882 bits per heavy atom. The van der Waals surface area contributed by atoms with E-state index in [1.165, 1.54) is 26.0 Å². The molecule has 3 aliphatic carbocycles. The summed E-state index contributed by atoms with van der Waals surface area (Å²) < 4.78 is 49.4. The number of ether oxygens (including phenoxy) is 5. The molecular formula is C54H66Cl2N3O16P. The van der Waals surface area contributed by atoms with Crippen LogP contribution in [0.15, 0.2) is 102 Å². The Bertz CT molecular complexity index is 2690. The number of hydrogen-bond acceptors (Lipinski definition) is 16. The lowest BCUT2D eigenvalue weighted by atomic mass is 9.44. The van der Waals surface area contributed by atoms with Crippen molar-refractivity contribution in [3.05, 3.63) is 119 Å². The molecule has 22 heteroatoms. The van der Waals surface area contributed by atoms with Crippen LogP contribution >= 0.6 is 30.9 Å². The molecule has 412 valence electrons. The highest BCUT2D eigenvalue weighted by atomic mass is 35.5. The molecule has 0 spiro atoms. The first-order valence-corrected chi connectivity index (χ1v) is 27.7. The molecule has 76 heavy (non-hydrogen) atoms. The van der Waals surface area contributed by atoms with Crippen molar-refractivity contribution >= 4 is 66.4 Å². The molecule has 2 saturated carbocycles. The van der Waals surface area contributed by atoms with Gasteiger partial charge in [0.05, 0.1) is 42.3 Å². The van der Waals surface area contributed by atoms with Crippen molar-refractivity contribution in [3.8, 4) is 0 Å². The zero-order chi connectivity index (χ0) is 55.4. The minimum Gasteiger partial charge on any atom is -0.456 e. The molecule has 2 saturated heterocycles. The summed E-state index contributed by atoms with van der Waals surface area (Å²) in [6.07, 6.45) is -9.62. The first-order valence-electron chi connectivity index (χ1n) is 25.1. The third kappa shape index (κ3) is 11.3. The zero-order valence-electron chi connectivity index (χ0n) is 43.1. The summed E-state index contributed by atoms with van der Waals surface area (Å²) in [5.74, 6) is -6.00. The van der Waals surface area contributed by atoms with Crippen LogP contribution in [-0.4, -0.2) is 148 Å². The van der Waals surface area contributed by atoms with Crippen molar-refractivity contribution in [1.29, 1.82) is 0 Å². The van der Waals surface area contributed by atoms with Crippen molar-refractivity contribution in [2.45, 2.75) is 115 Å². The number of ketones is 1. The first-order chi connectivity index (χ1) is 36.0. The third-order valence-corrected chi connectivity index (χ3v) is 18.1. The number of alkyl halides is 2. The Kier molecular flexibility index (Phi) is 18.4. The fourth-order valence-corrected chi connectivity index (χ4v) is 14.1. The van der Waals surface area contributed by atoms with Gasteiger partial charge in [0.15, 0.2) is 23.6 Å². The van der Waals surface area contributed by atoms with Crippen LogP contribution in [0.3, 0.4) is 0 Å². The van der Waals surface area contributed by atoms with Gasteiger partial charge in [-0.15, -0.1) is 23.2 Å². The molecule has 0 radical (unpaired) electrons. The fourth-order valence-electron chi connectivity index (χ4n) is 11.5. The van der Waals surface area contributed by atoms with E-state index in [2.05, 4.69) is 10.4 Å². The minimum atomic E-state index is -2.84. The number of hydrogen-bond donors (Lipinski definition) is 5. The maximum Gasteiger partial charge on any atom is 0.343 e. The first kappa shape index (κ1) is 58.6. The Morgan fingerprint density at radius 3 is 2.00 bits per heavy atom. The van der Waals surface area contributed by atoms with E-state index >= 15 is 4.79 Å². The molecule has 12 atom stereocenters. The minimum absolute atomic E-state index is 0.00289. The van der Waals surface area contributed by atoms with Gasteiger partial charge in [-0.1, -0.05) is 80.6 Å². The van der Waals surface area contributed by atoms with Crippen LogP contribution in [0.4, 0.5) is 0 Å². The van der Waals surface area contributed by atoms with Crippen molar-refractivity contribution in [1.82, 2.24) is 15.1 Å². The van der Waals surface area contributed by atoms with Crippen LogP contribution in [0.5, 0.6) is 0 Å². The van der Waals surface area contributed by atoms with Gasteiger partial charge >= 0.3 is 31.5 Å². The molecule has 0 aromatic heterocycles. The summed E-state index contributed by atoms with van der Waals surface area (Å²) in [5.41, 5.74) is -7.02. The van der Waals surface area contributed by atoms with Crippen molar-refractivity contribution in [2.75, 3.05) is 44.6 Å². The molecule has 1 unspecified atom stereocenters. The van der Waals surface area contributed by atoms with Crippen molar-refractivity contribution in [2.24, 2.45) is 16.7 Å². The molecule has 2 aliphatic heterocycles. The number of halogens is 2. The number of fused-ring (bicyclic) bond motifs is 5. The number of nitrogens with zero attached hydrogens (tertiary/aromatic N) is 1. The van der Waals surface area contributed by atoms with E-state index in [0.717, 1.165) is 26.8 Å². The van der Waals surface area contributed by atoms with Gasteiger partial charge in [-0.3, -0.25) is 23.7 Å². The van der Waals surface area contributed by atoms with Crippen LogP contribution in [-0.2, 0) is 52.0 Å². The number of rotatable bonds is 15. The van der Waals surface area contributed by atoms with Gasteiger partial charge in [0.25, 0.3) is 5.91 Å². The summed E-state index contributed by atoms with van der Waals surface area (Å²) >= 11 is 11.2. The molecule has 1 amide bonds. The number of aliphatic hydroxyl groups is 3. The van der Waals surface area contributed by atoms with E-state index in [4.69, 9.17) is 51.4 Å². The monoisotopic (exact) mass is 1110 g/mol. The molecule has 19 nitrogen and oxygen atoms in total. The lowest BCUT2D eigenvalue weighted by molar-refractivity contribution is -0.346. The second-order valence-electron chi connectivity index (χ2n) is 20.3. The van der Waals surface area contributed by atoms with Crippen LogP contribution < -0.4 is 10.4 Å². The fraction of sp³-hybridized carbons (Fsp3) is 0.519. The van der Waals surface area contributed by atoms with Gasteiger partial charge in [0.2, 0.25) is 0 Å². The van der Waals surface area contributed by atoms with E-state index in [1.54, 1.807) is 97.4 Å². The predicted molar refractivity (Wildman–Crippen MR) is 277 cm³/mol. The second-order valence-corrected chi connectivity index (χ2v) is 23.2. The molecule has 3 aromatic carbocycles. The molecule has 2 heterocycles. The van der Waals surface area contributed by atoms with Gasteiger partial charge in [0, 0.05) is 69.1 Å². The van der Waals surface area contributed by atoms with Gasteiger partial charge in [0.1, 0.15) is 23.9 Å². The predicted octanol–water partition coefficient (Wildman–Crippen LogP) is 5.62. The highest BCUT2D eigenvalue weighted by Gasteiger charge is 2.78. The third-order valence-electron chi connectivity index (χ3n) is 15.4. The van der Waals surface area contributed by atoms with E-state index in [9.17, 15) is 43.9 Å². The lowest BCUT2D eigenvalue weighted by Gasteiger charge is -2.67. The summed E-state index contributed by atoms with van der Waals surface area (Å²) in [4.78, 5) is 83.5. The Morgan fingerprint density at radius 2 is 1.47 bits per heavy atom. The lowest BCUT2D eigenvalue weighted by Crippen LogP contribution is -2.82. The van der Waals surface area contributed by atoms with E-state index in [-0.39, 0.29) is 35.3 Å². The Labute approximate surface area is 451 Å². The van der Waals surface area contributed by atoms with Crippen LogP contribution in [0, 0.1) is 16.7 Å². The summed E-state index contributed by atoms with van der Waals surface area (Å²) in [6.45, 7) is 10.3. The molecular weight excluding hydrogens is 1050 g/mol. The topological polar surface area (TPSA) is 263 Å². The standard InChI is InChI=1S/C47H51NO14.C7H15Cl2N2O2P/c1-25-31(60-43(56)36(52)35(28-16-10-7-11-17-28)48-41(54)29-18-12-8-13-19-29)23-47(57)40(61-42(55)30-20-14-9-15-21-30)38-45(6,32(51)22-33-46(38,24-58-33)62-27(3)50)39(53)37(59-26(2)49)34(25)44(47,4)5;8-2-5-11(6-3-9)14(12)10-4-1-7-13-14/h7-21,31-33,35-38,40,51-52,57H,22-24H2,1-6H3,(H,48,54);1-7H2,(H,10,12)/t31-,32-,33+,35-,36+,37+,38-,40-,45+,46-,47+;/m0./s1. The number of benzene rings is 3. The van der Waals surface area contributed by atoms with Crippen molar-refractivity contribution < 1.29 is 76.9 Å². The number of esters is 4.